The van der Waals surface area contributed by atoms with Gasteiger partial charge in [0.25, 0.3) is 0 Å². The summed E-state index contributed by atoms with van der Waals surface area (Å²) in [5.74, 6) is 0.195. The van der Waals surface area contributed by atoms with Crippen LogP contribution in [0.3, 0.4) is 0 Å². The van der Waals surface area contributed by atoms with Crippen LogP contribution in [0.2, 0.25) is 0 Å². The quantitative estimate of drug-likeness (QED) is 0.822. The van der Waals surface area contributed by atoms with Gasteiger partial charge in [-0.2, -0.15) is 5.26 Å². The van der Waals surface area contributed by atoms with Crippen molar-refractivity contribution in [1.82, 2.24) is 9.88 Å². The fourth-order valence-electron chi connectivity index (χ4n) is 1.91. The number of nitrogens with one attached hydrogen (secondary N) is 1. The monoisotopic (exact) mass is 230 g/mol. The predicted octanol–water partition coefficient (Wildman–Crippen LogP) is 0.986. The van der Waals surface area contributed by atoms with E-state index < -0.39 is 0 Å². The maximum absolute atomic E-state index is 11.3. The summed E-state index contributed by atoms with van der Waals surface area (Å²) >= 11 is 0. The lowest BCUT2D eigenvalue weighted by Gasteiger charge is -2.30. The molecule has 1 aromatic heterocycles. The summed E-state index contributed by atoms with van der Waals surface area (Å²) in [4.78, 5) is 17.1. The van der Waals surface area contributed by atoms with Crippen LogP contribution >= 0.6 is 0 Å². The minimum Gasteiger partial charge on any atom is -0.379 e. The van der Waals surface area contributed by atoms with Gasteiger partial charge in [0.1, 0.15) is 11.8 Å². The smallest absolute Gasteiger partial charge is 0.222 e. The number of carbonyl (C=O) groups is 1. The first-order valence-corrected chi connectivity index (χ1v) is 5.55. The fourth-order valence-corrected chi connectivity index (χ4v) is 1.91. The molecule has 1 atom stereocenters. The van der Waals surface area contributed by atoms with E-state index in [4.69, 9.17) is 5.26 Å². The number of anilines is 1. The highest BCUT2D eigenvalue weighted by molar-refractivity contribution is 5.77. The molecule has 1 aliphatic heterocycles. The third-order valence-corrected chi connectivity index (χ3v) is 2.88. The molecule has 88 valence electrons. The van der Waals surface area contributed by atoms with Crippen LogP contribution < -0.4 is 5.32 Å². The molecule has 0 spiro atoms. The molecule has 1 aliphatic rings. The SMILES string of the molecule is CN1C[C@@H](Nc2ccc(C#N)nc2)CCC1=O. The third-order valence-electron chi connectivity index (χ3n) is 2.88. The first kappa shape index (κ1) is 11.4. The molecule has 0 saturated carbocycles. The molecule has 5 heteroatoms. The number of nitrogens with zero attached hydrogens (tertiary/aromatic N) is 3. The lowest BCUT2D eigenvalue weighted by atomic mass is 10.1. The van der Waals surface area contributed by atoms with Crippen molar-refractivity contribution < 1.29 is 4.79 Å². The van der Waals surface area contributed by atoms with Crippen LogP contribution in [0.25, 0.3) is 0 Å². The Balaban J connectivity index is 1.97. The van der Waals surface area contributed by atoms with Crippen LogP contribution in [0.5, 0.6) is 0 Å². The first-order chi connectivity index (χ1) is 8.19. The molecular formula is C12H14N4O. The number of hydrogen-bond donors (Lipinski definition) is 1. The summed E-state index contributed by atoms with van der Waals surface area (Å²) in [7, 11) is 1.81. The lowest BCUT2D eigenvalue weighted by Crippen LogP contribution is -2.43. The molecule has 0 unspecified atom stereocenters. The zero-order chi connectivity index (χ0) is 12.3. The summed E-state index contributed by atoms with van der Waals surface area (Å²) in [5, 5.41) is 12.0. The van der Waals surface area contributed by atoms with Gasteiger partial charge < -0.3 is 10.2 Å². The van der Waals surface area contributed by atoms with Crippen LogP contribution in [0.4, 0.5) is 5.69 Å². The van der Waals surface area contributed by atoms with Crippen LogP contribution in [-0.2, 0) is 4.79 Å². The lowest BCUT2D eigenvalue weighted by molar-refractivity contribution is -0.132. The van der Waals surface area contributed by atoms with Crippen molar-refractivity contribution in [1.29, 1.82) is 5.26 Å². The first-order valence-electron chi connectivity index (χ1n) is 5.55. The number of rotatable bonds is 2. The Labute approximate surface area is 100 Å². The molecule has 17 heavy (non-hydrogen) atoms. The van der Waals surface area contributed by atoms with Crippen molar-refractivity contribution in [3.8, 4) is 6.07 Å². The van der Waals surface area contributed by atoms with Gasteiger partial charge in [0.15, 0.2) is 0 Å². The van der Waals surface area contributed by atoms with Crippen LogP contribution in [0.1, 0.15) is 18.5 Å². The van der Waals surface area contributed by atoms with Gasteiger partial charge in [0.2, 0.25) is 5.91 Å². The topological polar surface area (TPSA) is 69.0 Å². The number of piperidine rings is 1. The van der Waals surface area contributed by atoms with Gasteiger partial charge in [-0.3, -0.25) is 4.79 Å². The molecule has 1 saturated heterocycles. The van der Waals surface area contributed by atoms with Crippen molar-refractivity contribution in [2.24, 2.45) is 0 Å². The minimum atomic E-state index is 0.195. The summed E-state index contributed by atoms with van der Waals surface area (Å²) < 4.78 is 0. The number of likely N-dealkylation sites (tertiary alicyclic amines) is 1. The minimum absolute atomic E-state index is 0.195. The second-order valence-corrected chi connectivity index (χ2v) is 4.20. The molecule has 1 amide bonds. The molecule has 0 radical (unpaired) electrons. The Morgan fingerprint density at radius 1 is 1.59 bits per heavy atom. The van der Waals surface area contributed by atoms with E-state index in [2.05, 4.69) is 10.3 Å². The van der Waals surface area contributed by atoms with Crippen molar-refractivity contribution in [2.45, 2.75) is 18.9 Å². The summed E-state index contributed by atoms with van der Waals surface area (Å²) in [6.45, 7) is 0.707. The van der Waals surface area contributed by atoms with Crippen molar-refractivity contribution >= 4 is 11.6 Å². The van der Waals surface area contributed by atoms with E-state index in [9.17, 15) is 4.79 Å². The Morgan fingerprint density at radius 3 is 3.00 bits per heavy atom. The highest BCUT2D eigenvalue weighted by Gasteiger charge is 2.22. The van der Waals surface area contributed by atoms with Gasteiger partial charge in [-0.05, 0) is 18.6 Å². The van der Waals surface area contributed by atoms with Crippen molar-refractivity contribution in [3.63, 3.8) is 0 Å². The number of hydrogen-bond acceptors (Lipinski definition) is 4. The zero-order valence-corrected chi connectivity index (χ0v) is 9.68. The second kappa shape index (κ2) is 4.83. The standard InChI is InChI=1S/C12H14N4O/c1-16-8-11(4-5-12(16)17)15-10-3-2-9(6-13)14-7-10/h2-3,7,11,15H,4-5,8H2,1H3/t11-/m0/s1. The van der Waals surface area contributed by atoms with E-state index in [1.54, 1.807) is 17.2 Å². The number of carbonyl (C=O) groups excluding carboxylic acids is 1. The highest BCUT2D eigenvalue weighted by atomic mass is 16.2. The fraction of sp³-hybridized carbons (Fsp3) is 0.417. The van der Waals surface area contributed by atoms with E-state index >= 15 is 0 Å². The molecular weight excluding hydrogens is 216 g/mol. The zero-order valence-electron chi connectivity index (χ0n) is 9.68. The maximum atomic E-state index is 11.3. The van der Waals surface area contributed by atoms with Crippen LogP contribution in [-0.4, -0.2) is 35.4 Å². The Kier molecular flexibility index (Phi) is 3.24. The van der Waals surface area contributed by atoms with Gasteiger partial charge in [-0.25, -0.2) is 4.98 Å². The van der Waals surface area contributed by atoms with E-state index in [-0.39, 0.29) is 11.9 Å². The molecule has 2 rings (SSSR count). The summed E-state index contributed by atoms with van der Waals surface area (Å²) in [6, 6.07) is 5.75. The third kappa shape index (κ3) is 2.72. The molecule has 1 fully saturated rings. The van der Waals surface area contributed by atoms with Gasteiger partial charge >= 0.3 is 0 Å². The number of likely N-dealkylation sites (N-methyl/N-ethyl adjacent to an activating group) is 1. The predicted molar refractivity (Wildman–Crippen MR) is 63.2 cm³/mol. The number of amides is 1. The van der Waals surface area contributed by atoms with Crippen LogP contribution in [0, 0.1) is 11.3 Å². The average Bonchev–Trinajstić information content (AvgIpc) is 2.35. The molecule has 0 aromatic carbocycles. The number of nitriles is 1. The normalized spacial score (nSPS) is 19.9. The molecule has 2 heterocycles. The number of aromatic nitrogens is 1. The molecule has 1 aromatic rings. The maximum Gasteiger partial charge on any atom is 0.222 e. The van der Waals surface area contributed by atoms with Gasteiger partial charge in [0.05, 0.1) is 11.9 Å². The molecule has 0 bridgehead atoms. The van der Waals surface area contributed by atoms with E-state index in [0.29, 0.717) is 18.7 Å². The second-order valence-electron chi connectivity index (χ2n) is 4.20. The van der Waals surface area contributed by atoms with Crippen molar-refractivity contribution in [3.05, 3.63) is 24.0 Å². The Bertz CT molecular complexity index is 449. The van der Waals surface area contributed by atoms with Gasteiger partial charge in [-0.15, -0.1) is 0 Å². The average molecular weight is 230 g/mol. The van der Waals surface area contributed by atoms with Crippen LogP contribution in [0.15, 0.2) is 18.3 Å². The largest absolute Gasteiger partial charge is 0.379 e. The molecule has 5 nitrogen and oxygen atoms in total. The molecule has 0 aliphatic carbocycles. The summed E-state index contributed by atoms with van der Waals surface area (Å²) in [6.07, 6.45) is 3.07. The Hall–Kier alpha value is -2.09. The van der Waals surface area contributed by atoms with E-state index in [1.165, 1.54) is 0 Å². The summed E-state index contributed by atoms with van der Waals surface area (Å²) in [5.41, 5.74) is 1.29. The van der Waals surface area contributed by atoms with Crippen molar-refractivity contribution in [2.75, 3.05) is 18.9 Å². The van der Waals surface area contributed by atoms with Gasteiger partial charge in [-0.1, -0.05) is 0 Å². The molecule has 1 N–H and O–H groups in total. The Morgan fingerprint density at radius 2 is 2.41 bits per heavy atom. The highest BCUT2D eigenvalue weighted by Crippen LogP contribution is 2.15. The number of pyridine rings is 1. The van der Waals surface area contributed by atoms with E-state index in [1.807, 2.05) is 19.2 Å². The van der Waals surface area contributed by atoms with Gasteiger partial charge in [0, 0.05) is 26.1 Å². The van der Waals surface area contributed by atoms with E-state index in [0.717, 1.165) is 12.1 Å².